The van der Waals surface area contributed by atoms with Crippen LogP contribution in [0.1, 0.15) is 44.2 Å². The molecule has 2 N–H and O–H groups in total. The van der Waals surface area contributed by atoms with Crippen molar-refractivity contribution in [2.75, 3.05) is 12.8 Å². The minimum absolute atomic E-state index is 0.411. The van der Waals surface area contributed by atoms with Crippen molar-refractivity contribution in [3.05, 3.63) is 30.0 Å². The Kier molecular flexibility index (Phi) is 3.86. The van der Waals surface area contributed by atoms with E-state index in [1.54, 1.807) is 7.11 Å². The van der Waals surface area contributed by atoms with Gasteiger partial charge in [-0.1, -0.05) is 37.1 Å². The van der Waals surface area contributed by atoms with Gasteiger partial charge in [-0.3, -0.25) is 0 Å². The van der Waals surface area contributed by atoms with Gasteiger partial charge < -0.3 is 15.0 Å². The number of nitrogens with zero attached hydrogens (tertiary/aromatic N) is 1. The Morgan fingerprint density at radius 3 is 2.43 bits per heavy atom. The van der Waals surface area contributed by atoms with Crippen molar-refractivity contribution in [3.63, 3.8) is 0 Å². The van der Waals surface area contributed by atoms with Gasteiger partial charge in [0, 0.05) is 5.92 Å². The van der Waals surface area contributed by atoms with Gasteiger partial charge >= 0.3 is 0 Å². The average molecular weight is 286 g/mol. The van der Waals surface area contributed by atoms with E-state index in [1.165, 1.54) is 12.8 Å². The van der Waals surface area contributed by atoms with Crippen LogP contribution in [0.25, 0.3) is 11.1 Å². The van der Waals surface area contributed by atoms with Crippen LogP contribution in [0.3, 0.4) is 0 Å². The third-order valence-electron chi connectivity index (χ3n) is 4.53. The zero-order chi connectivity index (χ0) is 14.8. The van der Waals surface area contributed by atoms with E-state index in [1.807, 2.05) is 24.3 Å². The summed E-state index contributed by atoms with van der Waals surface area (Å²) in [4.78, 5) is 0. The Labute approximate surface area is 125 Å². The van der Waals surface area contributed by atoms with Gasteiger partial charge in [-0.05, 0) is 36.5 Å². The van der Waals surface area contributed by atoms with Gasteiger partial charge in [0.1, 0.15) is 5.75 Å². The van der Waals surface area contributed by atoms with Gasteiger partial charge in [0.05, 0.1) is 18.4 Å². The van der Waals surface area contributed by atoms with E-state index in [9.17, 15) is 0 Å². The zero-order valence-corrected chi connectivity index (χ0v) is 12.6. The number of rotatable bonds is 3. The first-order valence-corrected chi connectivity index (χ1v) is 7.58. The van der Waals surface area contributed by atoms with E-state index in [2.05, 4.69) is 12.1 Å². The van der Waals surface area contributed by atoms with E-state index in [0.717, 1.165) is 41.3 Å². The van der Waals surface area contributed by atoms with Gasteiger partial charge in [0.2, 0.25) is 5.88 Å². The highest BCUT2D eigenvalue weighted by atomic mass is 16.5. The monoisotopic (exact) mass is 286 g/mol. The van der Waals surface area contributed by atoms with Crippen LogP contribution in [0.4, 0.5) is 5.88 Å². The van der Waals surface area contributed by atoms with Crippen molar-refractivity contribution in [1.82, 2.24) is 5.16 Å². The number of methoxy groups -OCH3 is 1. The normalized spacial score (nSPS) is 22.2. The summed E-state index contributed by atoms with van der Waals surface area (Å²) in [5.41, 5.74) is 9.04. The van der Waals surface area contributed by atoms with E-state index < -0.39 is 0 Å². The SMILES string of the molecule is COc1ccc(-c2c(C3CCC(C)CC3)noc2N)cc1. The van der Waals surface area contributed by atoms with Gasteiger partial charge in [0.15, 0.2) is 0 Å². The summed E-state index contributed by atoms with van der Waals surface area (Å²) in [7, 11) is 1.66. The van der Waals surface area contributed by atoms with Crippen LogP contribution in [0.5, 0.6) is 5.75 Å². The van der Waals surface area contributed by atoms with Crippen molar-refractivity contribution < 1.29 is 9.26 Å². The van der Waals surface area contributed by atoms with Crippen LogP contribution in [0.2, 0.25) is 0 Å². The molecule has 4 heteroatoms. The lowest BCUT2D eigenvalue weighted by Crippen LogP contribution is -2.11. The maximum absolute atomic E-state index is 6.02. The summed E-state index contributed by atoms with van der Waals surface area (Å²) in [5, 5.41) is 4.25. The molecule has 112 valence electrons. The van der Waals surface area contributed by atoms with Crippen molar-refractivity contribution in [2.45, 2.75) is 38.5 Å². The Bertz CT molecular complexity index is 596. The smallest absolute Gasteiger partial charge is 0.230 e. The molecule has 0 saturated heterocycles. The minimum Gasteiger partial charge on any atom is -0.497 e. The zero-order valence-electron chi connectivity index (χ0n) is 12.6. The fraction of sp³-hybridized carbons (Fsp3) is 0.471. The molecule has 1 aromatic carbocycles. The Balaban J connectivity index is 1.92. The van der Waals surface area contributed by atoms with Crippen LogP contribution >= 0.6 is 0 Å². The third kappa shape index (κ3) is 2.75. The number of nitrogen functional groups attached to an aromatic ring is 1. The fourth-order valence-corrected chi connectivity index (χ4v) is 3.18. The maximum atomic E-state index is 6.02. The molecule has 0 aliphatic heterocycles. The fourth-order valence-electron chi connectivity index (χ4n) is 3.18. The number of hydrogen-bond donors (Lipinski definition) is 1. The van der Waals surface area contributed by atoms with Gasteiger partial charge in [0.25, 0.3) is 0 Å². The quantitative estimate of drug-likeness (QED) is 0.917. The summed E-state index contributed by atoms with van der Waals surface area (Å²) in [5.74, 6) is 2.52. The van der Waals surface area contributed by atoms with Crippen LogP contribution in [0, 0.1) is 5.92 Å². The summed E-state index contributed by atoms with van der Waals surface area (Å²) in [6.45, 7) is 2.32. The molecule has 3 rings (SSSR count). The minimum atomic E-state index is 0.411. The molecule has 1 saturated carbocycles. The standard InChI is InChI=1S/C17H22N2O2/c1-11-3-5-13(6-4-11)16-15(17(18)21-19-16)12-7-9-14(20-2)10-8-12/h7-11,13H,3-6,18H2,1-2H3. The van der Waals surface area contributed by atoms with Crippen molar-refractivity contribution in [1.29, 1.82) is 0 Å². The van der Waals surface area contributed by atoms with E-state index in [0.29, 0.717) is 11.8 Å². The van der Waals surface area contributed by atoms with Gasteiger partial charge in [-0.2, -0.15) is 0 Å². The number of ether oxygens (including phenoxy) is 1. The van der Waals surface area contributed by atoms with Crippen molar-refractivity contribution in [2.24, 2.45) is 5.92 Å². The summed E-state index contributed by atoms with van der Waals surface area (Å²) in [6.07, 6.45) is 4.82. The van der Waals surface area contributed by atoms with Crippen LogP contribution in [-0.4, -0.2) is 12.3 Å². The maximum Gasteiger partial charge on any atom is 0.230 e. The molecular formula is C17H22N2O2. The van der Waals surface area contributed by atoms with Crippen molar-refractivity contribution in [3.8, 4) is 16.9 Å². The Morgan fingerprint density at radius 1 is 1.14 bits per heavy atom. The number of aromatic nitrogens is 1. The summed E-state index contributed by atoms with van der Waals surface area (Å²) in [6, 6.07) is 7.90. The topological polar surface area (TPSA) is 61.3 Å². The van der Waals surface area contributed by atoms with Crippen LogP contribution < -0.4 is 10.5 Å². The van der Waals surface area contributed by atoms with E-state index in [4.69, 9.17) is 15.0 Å². The second-order valence-electron chi connectivity index (χ2n) is 5.99. The average Bonchev–Trinajstić information content (AvgIpc) is 2.90. The lowest BCUT2D eigenvalue weighted by atomic mass is 9.80. The number of nitrogens with two attached hydrogens (primary N) is 1. The summed E-state index contributed by atoms with van der Waals surface area (Å²) < 4.78 is 10.5. The highest BCUT2D eigenvalue weighted by Gasteiger charge is 2.27. The predicted octanol–water partition coefficient (Wildman–Crippen LogP) is 4.23. The second kappa shape index (κ2) is 5.80. The van der Waals surface area contributed by atoms with E-state index >= 15 is 0 Å². The Morgan fingerprint density at radius 2 is 1.81 bits per heavy atom. The molecule has 1 aromatic heterocycles. The molecule has 1 aliphatic rings. The predicted molar refractivity (Wildman–Crippen MR) is 83.3 cm³/mol. The molecule has 1 aliphatic carbocycles. The molecule has 1 heterocycles. The molecule has 0 radical (unpaired) electrons. The van der Waals surface area contributed by atoms with Crippen LogP contribution in [-0.2, 0) is 0 Å². The second-order valence-corrected chi connectivity index (χ2v) is 5.99. The Hall–Kier alpha value is -1.97. The van der Waals surface area contributed by atoms with Crippen molar-refractivity contribution >= 4 is 5.88 Å². The molecule has 0 amide bonds. The number of benzene rings is 1. The highest BCUT2D eigenvalue weighted by molar-refractivity contribution is 5.75. The lowest BCUT2D eigenvalue weighted by molar-refractivity contribution is 0.331. The molecule has 21 heavy (non-hydrogen) atoms. The van der Waals surface area contributed by atoms with E-state index in [-0.39, 0.29) is 0 Å². The van der Waals surface area contributed by atoms with Gasteiger partial charge in [-0.25, -0.2) is 0 Å². The third-order valence-corrected chi connectivity index (χ3v) is 4.53. The molecule has 0 bridgehead atoms. The first kappa shape index (κ1) is 14.0. The molecular weight excluding hydrogens is 264 g/mol. The molecule has 0 atom stereocenters. The molecule has 0 spiro atoms. The summed E-state index contributed by atoms with van der Waals surface area (Å²) >= 11 is 0. The van der Waals surface area contributed by atoms with Crippen LogP contribution in [0.15, 0.2) is 28.8 Å². The molecule has 2 aromatic rings. The molecule has 0 unspecified atom stereocenters. The first-order valence-electron chi connectivity index (χ1n) is 7.58. The molecule has 4 nitrogen and oxygen atoms in total. The number of hydrogen-bond acceptors (Lipinski definition) is 4. The lowest BCUT2D eigenvalue weighted by Gasteiger charge is -2.25. The highest BCUT2D eigenvalue weighted by Crippen LogP contribution is 2.41. The number of anilines is 1. The molecule has 1 fully saturated rings. The van der Waals surface area contributed by atoms with Gasteiger partial charge in [-0.15, -0.1) is 0 Å². The first-order chi connectivity index (χ1) is 10.2. The largest absolute Gasteiger partial charge is 0.497 e.